The minimum absolute atomic E-state index is 0.213. The fourth-order valence-corrected chi connectivity index (χ4v) is 2.34. The van der Waals surface area contributed by atoms with Crippen molar-refractivity contribution < 1.29 is 9.84 Å². The van der Waals surface area contributed by atoms with Crippen LogP contribution in [-0.2, 0) is 0 Å². The van der Waals surface area contributed by atoms with Crippen LogP contribution in [0.2, 0.25) is 0 Å². The van der Waals surface area contributed by atoms with Gasteiger partial charge in [0.25, 0.3) is 0 Å². The number of benzene rings is 2. The Bertz CT molecular complexity index is 947. The summed E-state index contributed by atoms with van der Waals surface area (Å²) in [6.07, 6.45) is 5.44. The third-order valence-electron chi connectivity index (χ3n) is 3.46. The lowest BCUT2D eigenvalue weighted by molar-refractivity contribution is 0.464. The first-order valence-corrected chi connectivity index (χ1v) is 7.15. The minimum atomic E-state index is 0.213. The lowest BCUT2D eigenvalue weighted by atomic mass is 10.2. The monoisotopic (exact) mass is 303 g/mol. The summed E-state index contributed by atoms with van der Waals surface area (Å²) >= 11 is 0. The van der Waals surface area contributed by atoms with Gasteiger partial charge in [-0.05, 0) is 54.6 Å². The second kappa shape index (κ2) is 5.46. The normalized spacial score (nSPS) is 10.8. The van der Waals surface area contributed by atoms with Crippen LogP contribution >= 0.6 is 0 Å². The number of ether oxygens (including phenoxy) is 1. The second-order valence-electron chi connectivity index (χ2n) is 5.10. The van der Waals surface area contributed by atoms with Crippen molar-refractivity contribution in [3.05, 3.63) is 73.2 Å². The van der Waals surface area contributed by atoms with Gasteiger partial charge in [-0.3, -0.25) is 4.98 Å². The average Bonchev–Trinajstić information content (AvgIpc) is 3.01. The molecule has 112 valence electrons. The van der Waals surface area contributed by atoms with Crippen LogP contribution in [0.25, 0.3) is 16.6 Å². The smallest absolute Gasteiger partial charge is 0.128 e. The van der Waals surface area contributed by atoms with Crippen LogP contribution in [0.15, 0.2) is 73.2 Å². The van der Waals surface area contributed by atoms with Crippen LogP contribution < -0.4 is 4.74 Å². The molecule has 0 amide bonds. The summed E-state index contributed by atoms with van der Waals surface area (Å²) in [4.78, 5) is 4.11. The van der Waals surface area contributed by atoms with E-state index in [1.165, 1.54) is 0 Å². The lowest BCUT2D eigenvalue weighted by Gasteiger charge is -2.05. The van der Waals surface area contributed by atoms with Gasteiger partial charge in [0.2, 0.25) is 0 Å². The summed E-state index contributed by atoms with van der Waals surface area (Å²) in [6, 6.07) is 16.2. The summed E-state index contributed by atoms with van der Waals surface area (Å²) in [5, 5.41) is 14.8. The van der Waals surface area contributed by atoms with E-state index in [1.807, 2.05) is 36.5 Å². The van der Waals surface area contributed by atoms with Crippen LogP contribution in [0.4, 0.5) is 0 Å². The quantitative estimate of drug-likeness (QED) is 0.623. The summed E-state index contributed by atoms with van der Waals surface area (Å²) in [5.41, 5.74) is 1.79. The van der Waals surface area contributed by atoms with Gasteiger partial charge in [0.05, 0.1) is 17.4 Å². The maximum Gasteiger partial charge on any atom is 0.128 e. The SMILES string of the molecule is Oc1ccc(Oc2ccc3nn(-c4cccnc4)cc3c2)cc1. The molecule has 0 fully saturated rings. The molecule has 0 atom stereocenters. The van der Waals surface area contributed by atoms with E-state index in [0.717, 1.165) is 16.6 Å². The van der Waals surface area contributed by atoms with Crippen molar-refractivity contribution in [3.63, 3.8) is 0 Å². The molecule has 0 saturated heterocycles. The first kappa shape index (κ1) is 13.3. The van der Waals surface area contributed by atoms with Gasteiger partial charge in [-0.15, -0.1) is 0 Å². The molecule has 2 aromatic heterocycles. The highest BCUT2D eigenvalue weighted by Crippen LogP contribution is 2.26. The number of hydrogen-bond acceptors (Lipinski definition) is 4. The second-order valence-corrected chi connectivity index (χ2v) is 5.10. The fraction of sp³-hybridized carbons (Fsp3) is 0. The van der Waals surface area contributed by atoms with E-state index in [-0.39, 0.29) is 5.75 Å². The van der Waals surface area contributed by atoms with Crippen molar-refractivity contribution in [2.75, 3.05) is 0 Å². The Balaban J connectivity index is 1.66. The van der Waals surface area contributed by atoms with Gasteiger partial charge >= 0.3 is 0 Å². The molecule has 2 heterocycles. The van der Waals surface area contributed by atoms with Gasteiger partial charge < -0.3 is 9.84 Å². The average molecular weight is 303 g/mol. The first-order chi connectivity index (χ1) is 11.3. The topological polar surface area (TPSA) is 60.2 Å². The number of nitrogens with zero attached hydrogens (tertiary/aromatic N) is 3. The molecule has 0 radical (unpaired) electrons. The number of pyridine rings is 1. The Morgan fingerprint density at radius 2 is 1.78 bits per heavy atom. The Hall–Kier alpha value is -3.34. The van der Waals surface area contributed by atoms with E-state index in [4.69, 9.17) is 4.74 Å². The van der Waals surface area contributed by atoms with Crippen molar-refractivity contribution in [1.82, 2.24) is 14.8 Å². The van der Waals surface area contributed by atoms with E-state index in [0.29, 0.717) is 11.5 Å². The molecular weight excluding hydrogens is 290 g/mol. The Morgan fingerprint density at radius 3 is 2.57 bits per heavy atom. The molecule has 23 heavy (non-hydrogen) atoms. The van der Waals surface area contributed by atoms with Gasteiger partial charge in [-0.1, -0.05) is 0 Å². The minimum Gasteiger partial charge on any atom is -0.508 e. The molecule has 0 bridgehead atoms. The third-order valence-corrected chi connectivity index (χ3v) is 3.46. The van der Waals surface area contributed by atoms with Crippen molar-refractivity contribution in [3.8, 4) is 22.9 Å². The molecule has 0 unspecified atom stereocenters. The van der Waals surface area contributed by atoms with Gasteiger partial charge in [-0.2, -0.15) is 5.10 Å². The van der Waals surface area contributed by atoms with Gasteiger partial charge in [0.15, 0.2) is 0 Å². The number of aromatic hydroxyl groups is 1. The zero-order valence-corrected chi connectivity index (χ0v) is 12.1. The number of phenols is 1. The van der Waals surface area contributed by atoms with Crippen LogP contribution in [0.1, 0.15) is 0 Å². The summed E-state index contributed by atoms with van der Waals surface area (Å²) in [7, 11) is 0. The van der Waals surface area contributed by atoms with E-state index in [1.54, 1.807) is 41.3 Å². The zero-order chi connectivity index (χ0) is 15.6. The highest BCUT2D eigenvalue weighted by atomic mass is 16.5. The van der Waals surface area contributed by atoms with Crippen LogP contribution in [0.3, 0.4) is 0 Å². The molecule has 0 aliphatic heterocycles. The highest BCUT2D eigenvalue weighted by Gasteiger charge is 2.05. The highest BCUT2D eigenvalue weighted by molar-refractivity contribution is 5.80. The molecule has 4 rings (SSSR count). The zero-order valence-electron chi connectivity index (χ0n) is 12.1. The van der Waals surface area contributed by atoms with Gasteiger partial charge in [-0.25, -0.2) is 4.68 Å². The number of phenolic OH excluding ortho intramolecular Hbond substituents is 1. The molecule has 4 aromatic rings. The third kappa shape index (κ3) is 2.72. The van der Waals surface area contributed by atoms with Gasteiger partial charge in [0.1, 0.15) is 17.2 Å². The molecule has 0 aliphatic rings. The van der Waals surface area contributed by atoms with E-state index in [2.05, 4.69) is 10.1 Å². The maximum absolute atomic E-state index is 9.30. The largest absolute Gasteiger partial charge is 0.508 e. The summed E-state index contributed by atoms with van der Waals surface area (Å²) in [6.45, 7) is 0. The standard InChI is InChI=1S/C18H13N3O2/c22-15-3-5-16(6-4-15)23-17-7-8-18-13(10-17)12-21(20-18)14-2-1-9-19-11-14/h1-12,22H. The molecule has 0 aliphatic carbocycles. The fourth-order valence-electron chi connectivity index (χ4n) is 2.34. The van der Waals surface area contributed by atoms with Crippen LogP contribution in [0, 0.1) is 0 Å². The molecule has 0 saturated carbocycles. The van der Waals surface area contributed by atoms with E-state index < -0.39 is 0 Å². The van der Waals surface area contributed by atoms with Gasteiger partial charge in [0, 0.05) is 17.8 Å². The van der Waals surface area contributed by atoms with Crippen LogP contribution in [-0.4, -0.2) is 19.9 Å². The Morgan fingerprint density at radius 1 is 0.957 bits per heavy atom. The molecule has 2 aromatic carbocycles. The number of fused-ring (bicyclic) bond motifs is 1. The van der Waals surface area contributed by atoms with Crippen molar-refractivity contribution in [2.45, 2.75) is 0 Å². The molecule has 5 nitrogen and oxygen atoms in total. The van der Waals surface area contributed by atoms with E-state index in [9.17, 15) is 5.11 Å². The van der Waals surface area contributed by atoms with E-state index >= 15 is 0 Å². The molecule has 1 N–H and O–H groups in total. The van der Waals surface area contributed by atoms with Crippen LogP contribution in [0.5, 0.6) is 17.2 Å². The number of rotatable bonds is 3. The first-order valence-electron chi connectivity index (χ1n) is 7.15. The predicted molar refractivity (Wildman–Crippen MR) is 87.0 cm³/mol. The van der Waals surface area contributed by atoms with Crippen molar-refractivity contribution in [1.29, 1.82) is 0 Å². The molecule has 0 spiro atoms. The van der Waals surface area contributed by atoms with Crippen molar-refractivity contribution in [2.24, 2.45) is 0 Å². The Labute approximate surface area is 132 Å². The molecular formula is C18H13N3O2. The summed E-state index contributed by atoms with van der Waals surface area (Å²) in [5.74, 6) is 1.60. The Kier molecular flexibility index (Phi) is 3.16. The number of hydrogen-bond donors (Lipinski definition) is 1. The lowest BCUT2D eigenvalue weighted by Crippen LogP contribution is -1.93. The maximum atomic E-state index is 9.30. The van der Waals surface area contributed by atoms with Crippen molar-refractivity contribution >= 4 is 10.9 Å². The number of aromatic nitrogens is 3. The summed E-state index contributed by atoms with van der Waals surface area (Å²) < 4.78 is 7.59. The predicted octanol–water partition coefficient (Wildman–Crippen LogP) is 3.92. The molecule has 5 heteroatoms.